The highest BCUT2D eigenvalue weighted by molar-refractivity contribution is 5.70. The largest absolute Gasteiger partial charge is 0.426 e. The minimum Gasteiger partial charge on any atom is -0.426 e. The van der Waals surface area contributed by atoms with Crippen molar-refractivity contribution in [3.8, 4) is 5.75 Å². The van der Waals surface area contributed by atoms with Gasteiger partial charge in [-0.05, 0) is 62.2 Å². The van der Waals surface area contributed by atoms with E-state index in [1.807, 2.05) is 33.2 Å². The molecule has 2 rings (SSSR count). The van der Waals surface area contributed by atoms with E-state index in [0.29, 0.717) is 18.0 Å². The summed E-state index contributed by atoms with van der Waals surface area (Å²) in [5.74, 6) is 0.935. The van der Waals surface area contributed by atoms with Crippen molar-refractivity contribution in [2.45, 2.75) is 59.4 Å². The molecule has 0 aliphatic rings. The number of carbonyl (C=O) groups excluding carboxylic acids is 1. The molecule has 0 spiro atoms. The third-order valence-electron chi connectivity index (χ3n) is 4.74. The van der Waals surface area contributed by atoms with Crippen molar-refractivity contribution in [2.24, 2.45) is 0 Å². The summed E-state index contributed by atoms with van der Waals surface area (Å²) >= 11 is 0. The van der Waals surface area contributed by atoms with Crippen molar-refractivity contribution in [1.82, 2.24) is 9.88 Å². The van der Waals surface area contributed by atoms with Gasteiger partial charge in [0.2, 0.25) is 0 Å². The second kappa shape index (κ2) is 10.2. The van der Waals surface area contributed by atoms with Crippen molar-refractivity contribution >= 4 is 11.8 Å². The van der Waals surface area contributed by atoms with Crippen LogP contribution in [0.4, 0.5) is 5.82 Å². The fraction of sp³-hybridized carbons (Fsp3) is 0.478. The van der Waals surface area contributed by atoms with Gasteiger partial charge in [0.05, 0.1) is 0 Å². The number of hydrogen-bond donors (Lipinski definition) is 1. The number of unbranched alkanes of at least 4 members (excludes halogenated alkanes) is 2. The molecule has 0 unspecified atom stereocenters. The molecule has 0 atom stereocenters. The third-order valence-corrected chi connectivity index (χ3v) is 4.74. The summed E-state index contributed by atoms with van der Waals surface area (Å²) in [5, 5.41) is 0. The Hall–Kier alpha value is -2.40. The van der Waals surface area contributed by atoms with E-state index in [-0.39, 0.29) is 5.97 Å². The first-order valence-electron chi connectivity index (χ1n) is 10.00. The predicted molar refractivity (Wildman–Crippen MR) is 115 cm³/mol. The second-order valence-electron chi connectivity index (χ2n) is 7.68. The molecule has 1 aromatic heterocycles. The lowest BCUT2D eigenvalue weighted by Crippen LogP contribution is -2.12. The maximum atomic E-state index is 11.6. The third kappa shape index (κ3) is 6.34. The van der Waals surface area contributed by atoms with Crippen LogP contribution in [-0.2, 0) is 24.2 Å². The SMILES string of the molecule is CCCCCc1cc(Cc2ccc(CN(C)C)cc2OC(C)=O)c(C)nc1N. The number of aromatic nitrogens is 1. The van der Waals surface area contributed by atoms with E-state index in [1.165, 1.54) is 19.8 Å². The Kier molecular flexibility index (Phi) is 8.00. The Balaban J connectivity index is 2.32. The smallest absolute Gasteiger partial charge is 0.308 e. The topological polar surface area (TPSA) is 68.5 Å². The second-order valence-corrected chi connectivity index (χ2v) is 7.68. The van der Waals surface area contributed by atoms with Crippen LogP contribution in [0.3, 0.4) is 0 Å². The molecule has 0 fully saturated rings. The number of esters is 1. The molecular weight excluding hydrogens is 350 g/mol. The molecule has 28 heavy (non-hydrogen) atoms. The van der Waals surface area contributed by atoms with Crippen molar-refractivity contribution in [3.63, 3.8) is 0 Å². The Morgan fingerprint density at radius 3 is 2.54 bits per heavy atom. The van der Waals surface area contributed by atoms with E-state index >= 15 is 0 Å². The fourth-order valence-corrected chi connectivity index (χ4v) is 3.32. The van der Waals surface area contributed by atoms with Gasteiger partial charge in [0.25, 0.3) is 0 Å². The molecule has 0 saturated carbocycles. The average molecular weight is 384 g/mol. The summed E-state index contributed by atoms with van der Waals surface area (Å²) in [5.41, 5.74) is 11.4. The summed E-state index contributed by atoms with van der Waals surface area (Å²) in [6.45, 7) is 6.40. The zero-order chi connectivity index (χ0) is 20.7. The van der Waals surface area contributed by atoms with E-state index in [2.05, 4.69) is 28.9 Å². The number of benzene rings is 1. The Morgan fingerprint density at radius 1 is 1.14 bits per heavy atom. The van der Waals surface area contributed by atoms with E-state index in [0.717, 1.165) is 47.3 Å². The highest BCUT2D eigenvalue weighted by atomic mass is 16.5. The number of nitrogen functional groups attached to an aromatic ring is 1. The van der Waals surface area contributed by atoms with Gasteiger partial charge in [-0.25, -0.2) is 4.98 Å². The summed E-state index contributed by atoms with van der Waals surface area (Å²) in [6.07, 6.45) is 5.08. The van der Waals surface area contributed by atoms with Gasteiger partial charge in [0, 0.05) is 25.6 Å². The summed E-state index contributed by atoms with van der Waals surface area (Å²) in [7, 11) is 4.03. The van der Waals surface area contributed by atoms with Crippen LogP contribution in [0.15, 0.2) is 24.3 Å². The molecule has 5 heteroatoms. The minimum atomic E-state index is -0.310. The number of anilines is 1. The first-order chi connectivity index (χ1) is 13.3. The number of hydrogen-bond acceptors (Lipinski definition) is 5. The standard InChI is InChI=1S/C23H33N3O2/c1-6-7-8-9-20-14-21(16(2)25-23(20)24)13-19-11-10-18(15-26(4)5)12-22(19)28-17(3)27/h10-12,14H,6-9,13,15H2,1-5H3,(H2,24,25). The normalized spacial score (nSPS) is 11.1. The molecule has 0 radical (unpaired) electrons. The van der Waals surface area contributed by atoms with Crippen LogP contribution in [0, 0.1) is 6.92 Å². The van der Waals surface area contributed by atoms with Crippen LogP contribution in [0.5, 0.6) is 5.75 Å². The molecule has 5 nitrogen and oxygen atoms in total. The van der Waals surface area contributed by atoms with E-state index < -0.39 is 0 Å². The zero-order valence-electron chi connectivity index (χ0n) is 17.8. The average Bonchev–Trinajstić information content (AvgIpc) is 2.60. The van der Waals surface area contributed by atoms with Gasteiger partial charge in [-0.2, -0.15) is 0 Å². The number of pyridine rings is 1. The molecule has 0 amide bonds. The van der Waals surface area contributed by atoms with Crippen molar-refractivity contribution < 1.29 is 9.53 Å². The van der Waals surface area contributed by atoms with Crippen LogP contribution in [0.25, 0.3) is 0 Å². The fourth-order valence-electron chi connectivity index (χ4n) is 3.32. The summed E-state index contributed by atoms with van der Waals surface area (Å²) < 4.78 is 5.51. The van der Waals surface area contributed by atoms with E-state index in [1.54, 1.807) is 0 Å². The maximum absolute atomic E-state index is 11.6. The van der Waals surface area contributed by atoms with Crippen LogP contribution in [-0.4, -0.2) is 29.9 Å². The van der Waals surface area contributed by atoms with E-state index in [9.17, 15) is 4.79 Å². The van der Waals surface area contributed by atoms with Gasteiger partial charge in [0.15, 0.2) is 0 Å². The Labute approximate surface area is 168 Å². The first-order valence-corrected chi connectivity index (χ1v) is 10.00. The van der Waals surface area contributed by atoms with Crippen LogP contribution >= 0.6 is 0 Å². The summed E-state index contributed by atoms with van der Waals surface area (Å²) in [6, 6.07) is 8.26. The van der Waals surface area contributed by atoms with Gasteiger partial charge in [-0.3, -0.25) is 4.79 Å². The molecule has 2 aromatic rings. The molecule has 1 heterocycles. The lowest BCUT2D eigenvalue weighted by Gasteiger charge is -2.16. The monoisotopic (exact) mass is 383 g/mol. The minimum absolute atomic E-state index is 0.310. The molecule has 0 aliphatic carbocycles. The molecule has 152 valence electrons. The number of aryl methyl sites for hydroxylation is 2. The molecule has 0 bridgehead atoms. The van der Waals surface area contributed by atoms with Crippen LogP contribution < -0.4 is 10.5 Å². The molecule has 0 saturated heterocycles. The lowest BCUT2D eigenvalue weighted by atomic mass is 9.98. The number of nitrogens with two attached hydrogens (primary N) is 1. The maximum Gasteiger partial charge on any atom is 0.308 e. The van der Waals surface area contributed by atoms with E-state index in [4.69, 9.17) is 10.5 Å². The van der Waals surface area contributed by atoms with Crippen LogP contribution in [0.2, 0.25) is 0 Å². The van der Waals surface area contributed by atoms with Gasteiger partial charge >= 0.3 is 5.97 Å². The first kappa shape index (κ1) is 21.9. The number of rotatable bonds is 9. The van der Waals surface area contributed by atoms with Gasteiger partial charge in [0.1, 0.15) is 11.6 Å². The van der Waals surface area contributed by atoms with Crippen molar-refractivity contribution in [1.29, 1.82) is 0 Å². The number of nitrogens with zero attached hydrogens (tertiary/aromatic N) is 2. The Bertz CT molecular complexity index is 816. The molecule has 0 aliphatic heterocycles. The number of carbonyl (C=O) groups is 1. The quantitative estimate of drug-likeness (QED) is 0.398. The van der Waals surface area contributed by atoms with Crippen LogP contribution in [0.1, 0.15) is 61.1 Å². The Morgan fingerprint density at radius 2 is 1.89 bits per heavy atom. The lowest BCUT2D eigenvalue weighted by molar-refractivity contribution is -0.131. The predicted octanol–water partition coefficient (Wildman–Crippen LogP) is 4.28. The van der Waals surface area contributed by atoms with Crippen molar-refractivity contribution in [2.75, 3.05) is 19.8 Å². The summed E-state index contributed by atoms with van der Waals surface area (Å²) in [4.78, 5) is 18.2. The highest BCUT2D eigenvalue weighted by Crippen LogP contribution is 2.27. The highest BCUT2D eigenvalue weighted by Gasteiger charge is 2.13. The number of ether oxygens (including phenoxy) is 1. The molecule has 2 N–H and O–H groups in total. The van der Waals surface area contributed by atoms with Crippen molar-refractivity contribution in [3.05, 3.63) is 52.2 Å². The molecular formula is C23H33N3O2. The van der Waals surface area contributed by atoms with Gasteiger partial charge in [-0.15, -0.1) is 0 Å². The van der Waals surface area contributed by atoms with Gasteiger partial charge < -0.3 is 15.4 Å². The molecule has 1 aromatic carbocycles. The van der Waals surface area contributed by atoms with Gasteiger partial charge in [-0.1, -0.05) is 38.0 Å². The zero-order valence-corrected chi connectivity index (χ0v) is 17.8.